The Hall–Kier alpha value is -3.10. The first-order valence-electron chi connectivity index (χ1n) is 8.60. The molecule has 146 valence electrons. The molecule has 1 aliphatic rings. The number of hydrogen-bond acceptors (Lipinski definition) is 5. The molecule has 0 radical (unpaired) electrons. The third-order valence-electron chi connectivity index (χ3n) is 4.39. The Morgan fingerprint density at radius 2 is 1.96 bits per heavy atom. The van der Waals surface area contributed by atoms with Crippen molar-refractivity contribution < 1.29 is 29.0 Å². The van der Waals surface area contributed by atoms with Gasteiger partial charge < -0.3 is 25.4 Å². The Balaban J connectivity index is 2.27. The number of carbonyl (C=O) groups excluding carboxylic acids is 3. The van der Waals surface area contributed by atoms with Crippen molar-refractivity contribution in [1.82, 2.24) is 15.5 Å². The van der Waals surface area contributed by atoms with Crippen LogP contribution in [0.3, 0.4) is 0 Å². The van der Waals surface area contributed by atoms with Gasteiger partial charge in [-0.1, -0.05) is 12.1 Å². The smallest absolute Gasteiger partial charge is 0.326 e. The summed E-state index contributed by atoms with van der Waals surface area (Å²) in [6, 6.07) is 4.47. The second-order valence-corrected chi connectivity index (χ2v) is 6.22. The summed E-state index contributed by atoms with van der Waals surface area (Å²) in [7, 11) is 1.48. The Kier molecular flexibility index (Phi) is 6.75. The van der Waals surface area contributed by atoms with Gasteiger partial charge in [0.2, 0.25) is 11.8 Å². The molecule has 9 heteroatoms. The molecular weight excluding hydrogens is 354 g/mol. The topological polar surface area (TPSA) is 125 Å². The van der Waals surface area contributed by atoms with E-state index in [0.717, 1.165) is 0 Å². The highest BCUT2D eigenvalue weighted by atomic mass is 16.5. The van der Waals surface area contributed by atoms with Gasteiger partial charge >= 0.3 is 5.97 Å². The largest absolute Gasteiger partial charge is 0.491 e. The van der Waals surface area contributed by atoms with E-state index in [0.29, 0.717) is 0 Å². The van der Waals surface area contributed by atoms with Gasteiger partial charge in [-0.3, -0.25) is 14.4 Å². The van der Waals surface area contributed by atoms with Gasteiger partial charge in [-0.2, -0.15) is 0 Å². The first-order valence-corrected chi connectivity index (χ1v) is 8.60. The number of benzene rings is 1. The molecule has 2 rings (SSSR count). The number of carboxylic acid groups (broad SMARTS) is 1. The van der Waals surface area contributed by atoms with Crippen molar-refractivity contribution in [2.45, 2.75) is 31.8 Å². The molecule has 3 N–H and O–H groups in total. The summed E-state index contributed by atoms with van der Waals surface area (Å²) in [6.07, 6.45) is -0.217. The number of amides is 3. The number of carboxylic acids is 1. The van der Waals surface area contributed by atoms with Crippen LogP contribution in [0.15, 0.2) is 24.3 Å². The minimum absolute atomic E-state index is 0.0956. The third-order valence-corrected chi connectivity index (χ3v) is 4.39. The van der Waals surface area contributed by atoms with Crippen molar-refractivity contribution in [3.05, 3.63) is 29.8 Å². The highest BCUT2D eigenvalue weighted by Crippen LogP contribution is 2.18. The zero-order chi connectivity index (χ0) is 20.0. The third kappa shape index (κ3) is 5.19. The Labute approximate surface area is 156 Å². The Bertz CT molecular complexity index is 736. The standard InChI is InChI=1S/C18H23N3O6/c1-11-16(23)19-9-10-27-14-6-4-3-5-12(14)17(24)20-13(18(25)26)7-8-15(22)21(11)2/h3-6,11,13H,7-10H2,1-2H3,(H,19,23)(H,20,24)(H,25,26)/t11-,13-/m0/s1. The van der Waals surface area contributed by atoms with Crippen molar-refractivity contribution in [2.24, 2.45) is 0 Å². The SMILES string of the molecule is C[C@H]1C(=O)NCCOc2ccccc2C(=O)N[C@H](C(=O)O)CCC(=O)N1C. The molecule has 0 unspecified atom stereocenters. The van der Waals surface area contributed by atoms with Gasteiger partial charge in [0.25, 0.3) is 5.91 Å². The van der Waals surface area contributed by atoms with E-state index in [1.807, 2.05) is 0 Å². The summed E-state index contributed by atoms with van der Waals surface area (Å²) in [6.45, 7) is 1.89. The van der Waals surface area contributed by atoms with Crippen LogP contribution in [0.2, 0.25) is 0 Å². The number of likely N-dealkylation sites (N-methyl/N-ethyl adjacent to an activating group) is 1. The van der Waals surface area contributed by atoms with Crippen LogP contribution in [-0.2, 0) is 14.4 Å². The van der Waals surface area contributed by atoms with Crippen LogP contribution >= 0.6 is 0 Å². The summed E-state index contributed by atoms with van der Waals surface area (Å²) in [5, 5.41) is 14.5. The highest BCUT2D eigenvalue weighted by Gasteiger charge is 2.27. The lowest BCUT2D eigenvalue weighted by Crippen LogP contribution is -2.47. The van der Waals surface area contributed by atoms with E-state index in [9.17, 15) is 24.3 Å². The molecule has 0 spiro atoms. The number of ether oxygens (including phenoxy) is 1. The van der Waals surface area contributed by atoms with E-state index >= 15 is 0 Å². The zero-order valence-corrected chi connectivity index (χ0v) is 15.2. The highest BCUT2D eigenvalue weighted by molar-refractivity contribution is 5.99. The molecule has 0 aliphatic carbocycles. The average molecular weight is 377 g/mol. The lowest BCUT2D eigenvalue weighted by molar-refractivity contribution is -0.141. The second-order valence-electron chi connectivity index (χ2n) is 6.22. The molecule has 1 aliphatic heterocycles. The van der Waals surface area contributed by atoms with Crippen molar-refractivity contribution in [1.29, 1.82) is 0 Å². The molecule has 3 amide bonds. The molecule has 0 fully saturated rings. The molecule has 1 aromatic rings. The number of aliphatic carboxylic acids is 1. The normalized spacial score (nSPS) is 22.4. The predicted octanol–water partition coefficient (Wildman–Crippen LogP) is 0.00530. The molecule has 1 heterocycles. The minimum Gasteiger partial charge on any atom is -0.491 e. The van der Waals surface area contributed by atoms with E-state index in [1.165, 1.54) is 18.0 Å². The molecule has 0 saturated heterocycles. The van der Waals surface area contributed by atoms with Gasteiger partial charge in [-0.25, -0.2) is 4.79 Å². The van der Waals surface area contributed by atoms with Crippen molar-refractivity contribution in [3.63, 3.8) is 0 Å². The molecule has 0 saturated carbocycles. The van der Waals surface area contributed by atoms with Crippen LogP contribution in [0.25, 0.3) is 0 Å². The van der Waals surface area contributed by atoms with Crippen LogP contribution in [-0.4, -0.2) is 66.0 Å². The lowest BCUT2D eigenvalue weighted by Gasteiger charge is -2.24. The van der Waals surface area contributed by atoms with Gasteiger partial charge in [-0.05, 0) is 25.5 Å². The number of nitrogens with one attached hydrogen (secondary N) is 2. The first kappa shape index (κ1) is 20.2. The first-order chi connectivity index (χ1) is 12.8. The van der Waals surface area contributed by atoms with Crippen LogP contribution in [0, 0.1) is 0 Å². The molecule has 9 nitrogen and oxygen atoms in total. The number of rotatable bonds is 1. The van der Waals surface area contributed by atoms with Crippen LogP contribution in [0.5, 0.6) is 5.75 Å². The second kappa shape index (κ2) is 9.02. The van der Waals surface area contributed by atoms with E-state index in [1.54, 1.807) is 25.1 Å². The van der Waals surface area contributed by atoms with Gasteiger partial charge in [-0.15, -0.1) is 0 Å². The van der Waals surface area contributed by atoms with E-state index in [2.05, 4.69) is 10.6 Å². The number of hydrogen-bond donors (Lipinski definition) is 3. The number of nitrogens with zero attached hydrogens (tertiary/aromatic N) is 1. The molecule has 0 aromatic heterocycles. The van der Waals surface area contributed by atoms with E-state index in [4.69, 9.17) is 4.74 Å². The maximum atomic E-state index is 12.5. The summed E-state index contributed by atoms with van der Waals surface area (Å²) in [4.78, 5) is 49.6. The van der Waals surface area contributed by atoms with Crippen LogP contribution in [0.1, 0.15) is 30.1 Å². The van der Waals surface area contributed by atoms with Crippen molar-refractivity contribution in [3.8, 4) is 5.75 Å². The van der Waals surface area contributed by atoms with Crippen LogP contribution in [0.4, 0.5) is 0 Å². The van der Waals surface area contributed by atoms with E-state index in [-0.39, 0.29) is 49.1 Å². The summed E-state index contributed by atoms with van der Waals surface area (Å²) < 4.78 is 5.56. The Morgan fingerprint density at radius 3 is 2.67 bits per heavy atom. The Morgan fingerprint density at radius 1 is 1.26 bits per heavy atom. The maximum Gasteiger partial charge on any atom is 0.326 e. The molecule has 2 atom stereocenters. The van der Waals surface area contributed by atoms with Gasteiger partial charge in [0.1, 0.15) is 24.4 Å². The number of carbonyl (C=O) groups is 4. The molecular formula is C18H23N3O6. The average Bonchev–Trinajstić information content (AvgIpc) is 2.66. The van der Waals surface area contributed by atoms with Crippen molar-refractivity contribution in [2.75, 3.05) is 20.2 Å². The summed E-state index contributed by atoms with van der Waals surface area (Å²) in [5.41, 5.74) is 0.182. The zero-order valence-electron chi connectivity index (χ0n) is 15.2. The fourth-order valence-electron chi connectivity index (χ4n) is 2.59. The van der Waals surface area contributed by atoms with Crippen molar-refractivity contribution >= 4 is 23.7 Å². The fourth-order valence-corrected chi connectivity index (χ4v) is 2.59. The summed E-state index contributed by atoms with van der Waals surface area (Å²) in [5.74, 6) is -2.30. The van der Waals surface area contributed by atoms with Crippen LogP contribution < -0.4 is 15.4 Å². The lowest BCUT2D eigenvalue weighted by atomic mass is 10.1. The summed E-state index contributed by atoms with van der Waals surface area (Å²) >= 11 is 0. The van der Waals surface area contributed by atoms with E-state index < -0.39 is 24.0 Å². The molecule has 1 aromatic carbocycles. The quantitative estimate of drug-likeness (QED) is 0.633. The minimum atomic E-state index is -1.24. The van der Waals surface area contributed by atoms with Gasteiger partial charge in [0, 0.05) is 13.5 Å². The molecule has 0 bridgehead atoms. The number of para-hydroxylation sites is 1. The predicted molar refractivity (Wildman–Crippen MR) is 95.3 cm³/mol. The van der Waals surface area contributed by atoms with Gasteiger partial charge in [0.05, 0.1) is 12.1 Å². The van der Waals surface area contributed by atoms with Gasteiger partial charge in [0.15, 0.2) is 0 Å². The maximum absolute atomic E-state index is 12.5. The molecule has 27 heavy (non-hydrogen) atoms. The fraction of sp³-hybridized carbons (Fsp3) is 0.444. The number of fused-ring (bicyclic) bond motifs is 1. The monoisotopic (exact) mass is 377 g/mol.